The summed E-state index contributed by atoms with van der Waals surface area (Å²) in [5.74, 6) is 0. The molecule has 15 heavy (non-hydrogen) atoms. The first kappa shape index (κ1) is 10.3. The average Bonchev–Trinajstić information content (AvgIpc) is 2.70. The third-order valence-corrected chi connectivity index (χ3v) is 3.00. The molecule has 2 aromatic rings. The number of aromatic nitrogens is 3. The van der Waals surface area contributed by atoms with Crippen LogP contribution in [-0.4, -0.2) is 20.1 Å². The molecule has 0 atom stereocenters. The van der Waals surface area contributed by atoms with Crippen LogP contribution in [0.3, 0.4) is 0 Å². The van der Waals surface area contributed by atoms with E-state index < -0.39 is 0 Å². The van der Waals surface area contributed by atoms with Gasteiger partial charge in [-0.3, -0.25) is 0 Å². The predicted molar refractivity (Wildman–Crippen MR) is 59.7 cm³/mol. The quantitative estimate of drug-likeness (QED) is 0.904. The van der Waals surface area contributed by atoms with Crippen molar-refractivity contribution in [1.29, 1.82) is 0 Å². The smallest absolute Gasteiger partial charge is 0.109 e. The number of rotatable bonds is 2. The minimum Gasteiger partial charge on any atom is -0.390 e. The normalized spacial score (nSPS) is 10.6. The maximum absolute atomic E-state index is 8.87. The second-order valence-corrected chi connectivity index (χ2v) is 4.10. The van der Waals surface area contributed by atoms with Gasteiger partial charge in [-0.15, -0.1) is 5.10 Å². The zero-order valence-electron chi connectivity index (χ0n) is 8.18. The first-order chi connectivity index (χ1) is 7.20. The highest BCUT2D eigenvalue weighted by atomic mass is 79.9. The van der Waals surface area contributed by atoms with Crippen LogP contribution in [0.4, 0.5) is 0 Å². The number of aliphatic hydroxyl groups excluding tert-OH is 1. The van der Waals surface area contributed by atoms with Crippen LogP contribution >= 0.6 is 15.9 Å². The summed E-state index contributed by atoms with van der Waals surface area (Å²) < 4.78 is 2.71. The molecule has 2 rings (SSSR count). The Labute approximate surface area is 95.7 Å². The molecule has 0 radical (unpaired) electrons. The predicted octanol–water partition coefficient (Wildman–Crippen LogP) is 1.83. The Hall–Kier alpha value is -1.20. The van der Waals surface area contributed by atoms with Crippen molar-refractivity contribution in [3.8, 4) is 5.69 Å². The summed E-state index contributed by atoms with van der Waals surface area (Å²) in [5, 5.41) is 16.6. The number of nitrogens with zero attached hydrogens (tertiary/aromatic N) is 3. The van der Waals surface area contributed by atoms with E-state index >= 15 is 0 Å². The Kier molecular flexibility index (Phi) is 2.83. The van der Waals surface area contributed by atoms with Gasteiger partial charge >= 0.3 is 0 Å². The molecule has 0 spiro atoms. The molecule has 5 heteroatoms. The maximum Gasteiger partial charge on any atom is 0.109 e. The third kappa shape index (κ3) is 2.08. The zero-order valence-corrected chi connectivity index (χ0v) is 9.77. The lowest BCUT2D eigenvalue weighted by Crippen LogP contribution is -1.95. The van der Waals surface area contributed by atoms with E-state index in [1.165, 1.54) is 0 Å². The van der Waals surface area contributed by atoms with Gasteiger partial charge in [0.05, 0.1) is 18.5 Å². The van der Waals surface area contributed by atoms with Crippen LogP contribution in [-0.2, 0) is 6.61 Å². The molecule has 1 N–H and O–H groups in total. The number of hydrogen-bond donors (Lipinski definition) is 1. The molecule has 0 saturated heterocycles. The summed E-state index contributed by atoms with van der Waals surface area (Å²) in [6.45, 7) is 1.92. The van der Waals surface area contributed by atoms with E-state index in [0.29, 0.717) is 5.69 Å². The average molecular weight is 268 g/mol. The Morgan fingerprint density at radius 2 is 2.27 bits per heavy atom. The number of hydrogen-bond acceptors (Lipinski definition) is 3. The van der Waals surface area contributed by atoms with E-state index in [1.54, 1.807) is 10.9 Å². The summed E-state index contributed by atoms with van der Waals surface area (Å²) in [4.78, 5) is 0. The van der Waals surface area contributed by atoms with Crippen molar-refractivity contribution in [2.24, 2.45) is 0 Å². The van der Waals surface area contributed by atoms with Gasteiger partial charge in [-0.1, -0.05) is 21.1 Å². The highest BCUT2D eigenvalue weighted by molar-refractivity contribution is 9.10. The summed E-state index contributed by atoms with van der Waals surface area (Å²) >= 11 is 3.44. The monoisotopic (exact) mass is 267 g/mol. The summed E-state index contributed by atoms with van der Waals surface area (Å²) in [6.07, 6.45) is 1.71. The largest absolute Gasteiger partial charge is 0.390 e. The first-order valence-corrected chi connectivity index (χ1v) is 5.28. The van der Waals surface area contributed by atoms with Crippen LogP contribution in [0.1, 0.15) is 11.3 Å². The second-order valence-electron chi connectivity index (χ2n) is 3.25. The molecular weight excluding hydrogens is 258 g/mol. The fraction of sp³-hybridized carbons (Fsp3) is 0.200. The molecule has 4 nitrogen and oxygen atoms in total. The lowest BCUT2D eigenvalue weighted by atomic mass is 10.2. The fourth-order valence-corrected chi connectivity index (χ4v) is 1.52. The van der Waals surface area contributed by atoms with Crippen LogP contribution in [0.15, 0.2) is 28.9 Å². The molecule has 0 amide bonds. The van der Waals surface area contributed by atoms with Gasteiger partial charge in [0.2, 0.25) is 0 Å². The first-order valence-electron chi connectivity index (χ1n) is 4.49. The van der Waals surface area contributed by atoms with E-state index in [1.807, 2.05) is 25.1 Å². The van der Waals surface area contributed by atoms with Gasteiger partial charge in [0, 0.05) is 4.47 Å². The van der Waals surface area contributed by atoms with Crippen molar-refractivity contribution >= 4 is 15.9 Å². The van der Waals surface area contributed by atoms with E-state index in [9.17, 15) is 0 Å². The Balaban J connectivity index is 2.40. The molecule has 0 unspecified atom stereocenters. The highest BCUT2D eigenvalue weighted by Gasteiger charge is 2.03. The minimum atomic E-state index is -0.0878. The van der Waals surface area contributed by atoms with Crippen molar-refractivity contribution in [2.45, 2.75) is 13.5 Å². The van der Waals surface area contributed by atoms with Gasteiger partial charge in [-0.2, -0.15) is 0 Å². The van der Waals surface area contributed by atoms with Crippen molar-refractivity contribution in [3.63, 3.8) is 0 Å². The van der Waals surface area contributed by atoms with Gasteiger partial charge < -0.3 is 5.11 Å². The number of benzene rings is 1. The summed E-state index contributed by atoms with van der Waals surface area (Å²) in [6, 6.07) is 5.90. The maximum atomic E-state index is 8.87. The Bertz CT molecular complexity index is 481. The second kappa shape index (κ2) is 4.12. The number of aliphatic hydroxyl groups is 1. The zero-order chi connectivity index (χ0) is 10.8. The van der Waals surface area contributed by atoms with Crippen molar-refractivity contribution < 1.29 is 5.11 Å². The van der Waals surface area contributed by atoms with Gasteiger partial charge in [-0.05, 0) is 30.7 Å². The van der Waals surface area contributed by atoms with Crippen LogP contribution in [0.2, 0.25) is 0 Å². The van der Waals surface area contributed by atoms with E-state index in [0.717, 1.165) is 15.7 Å². The molecule has 1 aromatic carbocycles. The van der Waals surface area contributed by atoms with Crippen molar-refractivity contribution in [3.05, 3.63) is 40.1 Å². The van der Waals surface area contributed by atoms with Gasteiger partial charge in [-0.25, -0.2) is 4.68 Å². The van der Waals surface area contributed by atoms with Gasteiger partial charge in [0.25, 0.3) is 0 Å². The summed E-state index contributed by atoms with van der Waals surface area (Å²) in [5.41, 5.74) is 2.63. The molecule has 0 aliphatic carbocycles. The van der Waals surface area contributed by atoms with Crippen LogP contribution in [0.5, 0.6) is 0 Å². The van der Waals surface area contributed by atoms with Crippen LogP contribution < -0.4 is 0 Å². The Morgan fingerprint density at radius 1 is 1.47 bits per heavy atom. The summed E-state index contributed by atoms with van der Waals surface area (Å²) in [7, 11) is 0. The number of halogens is 1. The highest BCUT2D eigenvalue weighted by Crippen LogP contribution is 2.18. The van der Waals surface area contributed by atoms with Gasteiger partial charge in [0.1, 0.15) is 5.69 Å². The van der Waals surface area contributed by atoms with Crippen LogP contribution in [0.25, 0.3) is 5.69 Å². The molecule has 0 aliphatic heterocycles. The lowest BCUT2D eigenvalue weighted by molar-refractivity contribution is 0.276. The fourth-order valence-electron chi connectivity index (χ4n) is 1.27. The molecule has 0 fully saturated rings. The topological polar surface area (TPSA) is 50.9 Å². The molecule has 78 valence electrons. The van der Waals surface area contributed by atoms with Crippen LogP contribution in [0, 0.1) is 6.92 Å². The van der Waals surface area contributed by atoms with Gasteiger partial charge in [0.15, 0.2) is 0 Å². The molecular formula is C10H10BrN3O. The molecule has 1 heterocycles. The minimum absolute atomic E-state index is 0.0878. The van der Waals surface area contributed by atoms with Crippen molar-refractivity contribution in [1.82, 2.24) is 15.0 Å². The standard InChI is InChI=1S/C10H10BrN3O/c1-7-4-9(2-3-10(7)11)14-5-8(6-15)12-13-14/h2-5,15H,6H2,1H3. The third-order valence-electron chi connectivity index (χ3n) is 2.11. The van der Waals surface area contributed by atoms with E-state index in [-0.39, 0.29) is 6.61 Å². The molecule has 0 aliphatic rings. The number of aryl methyl sites for hydroxylation is 1. The molecule has 0 bridgehead atoms. The molecule has 1 aromatic heterocycles. The van der Waals surface area contributed by atoms with E-state index in [4.69, 9.17) is 5.11 Å². The lowest BCUT2D eigenvalue weighted by Gasteiger charge is -2.02. The molecule has 0 saturated carbocycles. The Morgan fingerprint density at radius 3 is 2.87 bits per heavy atom. The van der Waals surface area contributed by atoms with E-state index in [2.05, 4.69) is 26.2 Å². The van der Waals surface area contributed by atoms with Crippen molar-refractivity contribution in [2.75, 3.05) is 0 Å². The SMILES string of the molecule is Cc1cc(-n2cc(CO)nn2)ccc1Br.